The Kier molecular flexibility index (Phi) is 6.24. The molecule has 2 aromatic rings. The number of aromatic nitrogens is 2. The number of nitro groups is 1. The monoisotopic (exact) mass is 364 g/mol. The van der Waals surface area contributed by atoms with Gasteiger partial charge in [-0.05, 0) is 23.6 Å². The summed E-state index contributed by atoms with van der Waals surface area (Å²) in [5.41, 5.74) is 0.376. The largest absolute Gasteiger partial charge is 0.338 e. The van der Waals surface area contributed by atoms with Crippen molar-refractivity contribution >= 4 is 29.1 Å². The molecule has 0 saturated carbocycles. The van der Waals surface area contributed by atoms with Gasteiger partial charge in [0.15, 0.2) is 0 Å². The van der Waals surface area contributed by atoms with E-state index in [1.165, 1.54) is 0 Å². The number of hydrogen-bond donors (Lipinski definition) is 0. The predicted molar refractivity (Wildman–Crippen MR) is 91.9 cm³/mol. The summed E-state index contributed by atoms with van der Waals surface area (Å²) in [6.07, 6.45) is 1.56. The van der Waals surface area contributed by atoms with Gasteiger partial charge < -0.3 is 4.84 Å². The zero-order valence-corrected chi connectivity index (χ0v) is 14.5. The van der Waals surface area contributed by atoms with E-state index in [1.54, 1.807) is 19.1 Å². The summed E-state index contributed by atoms with van der Waals surface area (Å²) < 4.78 is 0. The highest BCUT2D eigenvalue weighted by Gasteiger charge is 2.27. The third-order valence-electron chi connectivity index (χ3n) is 3.54. The Morgan fingerprint density at radius 1 is 1.40 bits per heavy atom. The van der Waals surface area contributed by atoms with Crippen molar-refractivity contribution in [1.82, 2.24) is 9.97 Å². The molecule has 1 aromatic carbocycles. The van der Waals surface area contributed by atoms with Crippen LogP contribution in [0.3, 0.4) is 0 Å². The van der Waals surface area contributed by atoms with Crippen LogP contribution in [0.4, 0.5) is 11.5 Å². The van der Waals surface area contributed by atoms with Crippen LogP contribution in [0.1, 0.15) is 25.8 Å². The van der Waals surface area contributed by atoms with E-state index in [9.17, 15) is 14.9 Å². The van der Waals surface area contributed by atoms with Crippen LogP contribution in [-0.2, 0) is 16.2 Å². The van der Waals surface area contributed by atoms with Crippen molar-refractivity contribution in [2.24, 2.45) is 5.92 Å². The van der Waals surface area contributed by atoms with E-state index in [1.807, 2.05) is 25.1 Å². The number of carbonyl (C=O) groups excluding carboxylic acids is 1. The van der Waals surface area contributed by atoms with Gasteiger partial charge in [-0.15, -0.1) is 0 Å². The van der Waals surface area contributed by atoms with Crippen LogP contribution in [0.5, 0.6) is 0 Å². The molecule has 0 N–H and O–H groups in total. The zero-order valence-electron chi connectivity index (χ0n) is 13.8. The third-order valence-corrected chi connectivity index (χ3v) is 3.72. The molecular formula is C16H17ClN4O4. The third kappa shape index (κ3) is 4.87. The van der Waals surface area contributed by atoms with Gasteiger partial charge in [-0.25, -0.2) is 9.78 Å². The summed E-state index contributed by atoms with van der Waals surface area (Å²) in [4.78, 5) is 35.7. The molecule has 25 heavy (non-hydrogen) atoms. The summed E-state index contributed by atoms with van der Waals surface area (Å²) in [6.45, 7) is 3.64. The highest BCUT2D eigenvalue weighted by atomic mass is 35.5. The number of nitrogens with zero attached hydrogens (tertiary/aromatic N) is 4. The molecule has 8 nitrogen and oxygen atoms in total. The molecule has 0 aliphatic carbocycles. The minimum atomic E-state index is -0.652. The number of hydrogen-bond acceptors (Lipinski definition) is 7. The normalized spacial score (nSPS) is 11.6. The van der Waals surface area contributed by atoms with Crippen molar-refractivity contribution in [1.29, 1.82) is 0 Å². The fraction of sp³-hybridized carbons (Fsp3) is 0.312. The Morgan fingerprint density at radius 3 is 2.68 bits per heavy atom. The first kappa shape index (κ1) is 18.6. The molecule has 0 fully saturated rings. The van der Waals surface area contributed by atoms with Crippen LogP contribution in [0.15, 0.2) is 36.5 Å². The number of benzene rings is 1. The van der Waals surface area contributed by atoms with Crippen molar-refractivity contribution < 1.29 is 14.6 Å². The topological polar surface area (TPSA) is 98.5 Å². The molecule has 0 bridgehead atoms. The first-order chi connectivity index (χ1) is 11.9. The Labute approximate surface area is 149 Å². The van der Waals surface area contributed by atoms with Crippen LogP contribution in [0, 0.1) is 16.0 Å². The lowest BCUT2D eigenvalue weighted by Crippen LogP contribution is -2.31. The number of halogens is 1. The lowest BCUT2D eigenvalue weighted by atomic mass is 10.1. The molecule has 0 aliphatic heterocycles. The highest BCUT2D eigenvalue weighted by Crippen LogP contribution is 2.28. The van der Waals surface area contributed by atoms with Crippen molar-refractivity contribution in [2.75, 3.05) is 5.06 Å². The minimum Gasteiger partial charge on any atom is -0.338 e. The summed E-state index contributed by atoms with van der Waals surface area (Å²) in [6, 6.07) is 9.07. The van der Waals surface area contributed by atoms with E-state index < -0.39 is 16.6 Å². The minimum absolute atomic E-state index is 0.0806. The standard InChI is InChI=1S/C16H17ClN4O4/c1-3-11(2)15(22)25-20(10-12-7-5-4-6-8-12)14-13(21(23)24)9-18-16(17)19-14/h4-9,11H,3,10H2,1-2H3. The molecule has 0 saturated heterocycles. The Morgan fingerprint density at radius 2 is 2.08 bits per heavy atom. The van der Waals surface area contributed by atoms with Gasteiger partial charge in [0.1, 0.15) is 6.20 Å². The van der Waals surface area contributed by atoms with Gasteiger partial charge in [0.25, 0.3) is 0 Å². The van der Waals surface area contributed by atoms with Crippen molar-refractivity contribution in [3.05, 3.63) is 57.5 Å². The van der Waals surface area contributed by atoms with Gasteiger partial charge >= 0.3 is 11.7 Å². The van der Waals surface area contributed by atoms with Gasteiger partial charge in [-0.2, -0.15) is 10.0 Å². The predicted octanol–water partition coefficient (Wildman–Crippen LogP) is 3.55. The van der Waals surface area contributed by atoms with E-state index in [0.29, 0.717) is 6.42 Å². The zero-order chi connectivity index (χ0) is 18.4. The highest BCUT2D eigenvalue weighted by molar-refractivity contribution is 6.28. The second-order valence-corrected chi connectivity index (χ2v) is 5.68. The van der Waals surface area contributed by atoms with Gasteiger partial charge in [0.2, 0.25) is 11.1 Å². The second-order valence-electron chi connectivity index (χ2n) is 5.35. The van der Waals surface area contributed by atoms with Gasteiger partial charge in [0.05, 0.1) is 17.4 Å². The molecule has 0 aliphatic rings. The second kappa shape index (κ2) is 8.39. The molecule has 9 heteroatoms. The van der Waals surface area contributed by atoms with Crippen LogP contribution < -0.4 is 5.06 Å². The van der Waals surface area contributed by atoms with E-state index in [0.717, 1.165) is 16.8 Å². The number of rotatable bonds is 7. The van der Waals surface area contributed by atoms with Crippen LogP contribution in [0.2, 0.25) is 5.28 Å². The Hall–Kier alpha value is -2.74. The fourth-order valence-corrected chi connectivity index (χ4v) is 2.05. The van der Waals surface area contributed by atoms with Crippen molar-refractivity contribution in [2.45, 2.75) is 26.8 Å². The Balaban J connectivity index is 2.42. The summed E-state index contributed by atoms with van der Waals surface area (Å²) in [7, 11) is 0. The molecule has 1 aromatic heterocycles. The number of carbonyl (C=O) groups is 1. The lowest BCUT2D eigenvalue weighted by Gasteiger charge is -2.23. The Bertz CT molecular complexity index is 757. The van der Waals surface area contributed by atoms with E-state index in [4.69, 9.17) is 16.4 Å². The molecule has 132 valence electrons. The maximum Gasteiger partial charge on any atom is 0.335 e. The molecule has 0 radical (unpaired) electrons. The summed E-state index contributed by atoms with van der Waals surface area (Å²) >= 11 is 5.78. The van der Waals surface area contributed by atoms with Crippen molar-refractivity contribution in [3.63, 3.8) is 0 Å². The van der Waals surface area contributed by atoms with Crippen LogP contribution in [-0.4, -0.2) is 20.9 Å². The van der Waals surface area contributed by atoms with Crippen molar-refractivity contribution in [3.8, 4) is 0 Å². The summed E-state index contributed by atoms with van der Waals surface area (Å²) in [5, 5.41) is 12.2. The molecular weight excluding hydrogens is 348 g/mol. The molecule has 1 unspecified atom stereocenters. The maximum atomic E-state index is 12.2. The molecule has 2 rings (SSSR count). The molecule has 1 atom stereocenters. The average molecular weight is 365 g/mol. The van der Waals surface area contributed by atoms with E-state index in [2.05, 4.69) is 9.97 Å². The SMILES string of the molecule is CCC(C)C(=O)ON(Cc1ccccc1)c1nc(Cl)ncc1[N+](=O)[O-]. The molecule has 0 amide bonds. The number of anilines is 1. The molecule has 0 spiro atoms. The smallest absolute Gasteiger partial charge is 0.335 e. The first-order valence-corrected chi connectivity index (χ1v) is 8.00. The first-order valence-electron chi connectivity index (χ1n) is 7.62. The van der Waals surface area contributed by atoms with Gasteiger partial charge in [-0.3, -0.25) is 10.1 Å². The maximum absolute atomic E-state index is 12.2. The quantitative estimate of drug-likeness (QED) is 0.421. The van der Waals surface area contributed by atoms with Gasteiger partial charge in [0, 0.05) is 0 Å². The lowest BCUT2D eigenvalue weighted by molar-refractivity contribution is -0.384. The number of hydroxylamine groups is 1. The van der Waals surface area contributed by atoms with Gasteiger partial charge in [-0.1, -0.05) is 44.2 Å². The molecule has 1 heterocycles. The average Bonchev–Trinajstić information content (AvgIpc) is 2.60. The van der Waals surface area contributed by atoms with Crippen LogP contribution in [0.25, 0.3) is 0 Å². The van der Waals surface area contributed by atoms with Crippen LogP contribution >= 0.6 is 11.6 Å². The van der Waals surface area contributed by atoms with E-state index >= 15 is 0 Å². The summed E-state index contributed by atoms with van der Waals surface area (Å²) in [5.74, 6) is -1.05. The van der Waals surface area contributed by atoms with E-state index in [-0.39, 0.29) is 23.6 Å². The fourth-order valence-electron chi connectivity index (χ4n) is 1.92.